The molecule has 34 heavy (non-hydrogen) atoms. The normalized spacial score (nSPS) is 20.9. The molecule has 2 aliphatic rings. The molecule has 0 saturated carbocycles. The first-order chi connectivity index (χ1) is 16.5. The topological polar surface area (TPSA) is 123 Å². The van der Waals surface area contributed by atoms with Crippen LogP contribution in [0.4, 0.5) is 0 Å². The van der Waals surface area contributed by atoms with Gasteiger partial charge in [-0.05, 0) is 24.6 Å². The van der Waals surface area contributed by atoms with E-state index in [0.717, 1.165) is 5.56 Å². The number of carboxylic acid groups (broad SMARTS) is 1. The summed E-state index contributed by atoms with van der Waals surface area (Å²) < 4.78 is 16.0. The summed E-state index contributed by atoms with van der Waals surface area (Å²) in [6, 6.07) is 5.83. The van der Waals surface area contributed by atoms with Crippen LogP contribution in [0.25, 0.3) is 0 Å². The third-order valence-electron chi connectivity index (χ3n) is 5.57. The van der Waals surface area contributed by atoms with Gasteiger partial charge in [0.25, 0.3) is 0 Å². The van der Waals surface area contributed by atoms with Crippen molar-refractivity contribution in [2.24, 2.45) is 4.99 Å². The Kier molecular flexibility index (Phi) is 7.56. The molecule has 2 atom stereocenters. The van der Waals surface area contributed by atoms with Crippen LogP contribution in [0.2, 0.25) is 0 Å². The summed E-state index contributed by atoms with van der Waals surface area (Å²) in [5.41, 5.74) is 1.64. The summed E-state index contributed by atoms with van der Waals surface area (Å²) in [6.07, 6.45) is 1.68. The molecule has 1 saturated heterocycles. The number of nitrogens with one attached hydrogen (secondary N) is 1. The van der Waals surface area contributed by atoms with Crippen molar-refractivity contribution in [2.45, 2.75) is 19.0 Å². The standard InChI is InChI=1S/C23H26N4O6S/c1-3-33-23(30)18-16(12-27-9-10-32-13-17(27)22(28)29)25-20(21-24-8-11-34-21)26-19(18)14-4-6-15(31-2)7-5-14/h4-8,11,17,19H,3,9-10,12-13H2,1-2H3,(H,25,26)(H,28,29)/t17-,19-/m0/s1. The van der Waals surface area contributed by atoms with Gasteiger partial charge in [0.15, 0.2) is 10.8 Å². The minimum absolute atomic E-state index is 0.0761. The van der Waals surface area contributed by atoms with Crippen LogP contribution >= 0.6 is 11.3 Å². The highest BCUT2D eigenvalue weighted by atomic mass is 32.1. The number of carbonyl (C=O) groups is 2. The molecule has 1 aromatic heterocycles. The first-order valence-electron chi connectivity index (χ1n) is 10.8. The van der Waals surface area contributed by atoms with Crippen molar-refractivity contribution >= 4 is 29.1 Å². The van der Waals surface area contributed by atoms with E-state index in [0.29, 0.717) is 41.0 Å². The maximum Gasteiger partial charge on any atom is 0.338 e. The number of aromatic nitrogens is 1. The molecule has 2 N–H and O–H groups in total. The number of carboxylic acids is 1. The number of aliphatic imine (C=N–C) groups is 1. The van der Waals surface area contributed by atoms with Crippen molar-refractivity contribution in [3.8, 4) is 5.75 Å². The van der Waals surface area contributed by atoms with E-state index in [4.69, 9.17) is 19.2 Å². The molecule has 11 heteroatoms. The highest BCUT2D eigenvalue weighted by molar-refractivity contribution is 7.11. The molecule has 2 aromatic rings. The average molecular weight is 487 g/mol. The Morgan fingerprint density at radius 3 is 2.76 bits per heavy atom. The van der Waals surface area contributed by atoms with Crippen molar-refractivity contribution in [2.75, 3.05) is 40.0 Å². The first-order valence-corrected chi connectivity index (χ1v) is 11.7. The lowest BCUT2D eigenvalue weighted by molar-refractivity contribution is -0.149. The number of amidine groups is 1. The highest BCUT2D eigenvalue weighted by Gasteiger charge is 2.36. The van der Waals surface area contributed by atoms with E-state index in [2.05, 4.69) is 10.3 Å². The molecular formula is C23H26N4O6S. The number of methoxy groups -OCH3 is 1. The van der Waals surface area contributed by atoms with Crippen molar-refractivity contribution in [1.29, 1.82) is 0 Å². The average Bonchev–Trinajstić information content (AvgIpc) is 3.39. The predicted octanol–water partition coefficient (Wildman–Crippen LogP) is 1.85. The third-order valence-corrected chi connectivity index (χ3v) is 6.35. The van der Waals surface area contributed by atoms with Gasteiger partial charge in [0.1, 0.15) is 17.8 Å². The number of rotatable bonds is 8. The Hall–Kier alpha value is -3.28. The number of nitrogens with zero attached hydrogens (tertiary/aromatic N) is 3. The molecule has 0 spiro atoms. The molecule has 2 aliphatic heterocycles. The third kappa shape index (κ3) is 5.11. The second kappa shape index (κ2) is 10.8. The largest absolute Gasteiger partial charge is 0.497 e. The lowest BCUT2D eigenvalue weighted by Crippen LogP contribution is -2.52. The molecule has 180 valence electrons. The lowest BCUT2D eigenvalue weighted by Gasteiger charge is -2.35. The van der Waals surface area contributed by atoms with Gasteiger partial charge < -0.3 is 24.6 Å². The minimum atomic E-state index is -0.977. The number of esters is 1. The van der Waals surface area contributed by atoms with E-state index in [1.165, 1.54) is 11.3 Å². The molecule has 3 heterocycles. The Balaban J connectivity index is 1.79. The van der Waals surface area contributed by atoms with Gasteiger partial charge >= 0.3 is 11.9 Å². The van der Waals surface area contributed by atoms with Gasteiger partial charge in [-0.1, -0.05) is 12.1 Å². The number of benzene rings is 1. The van der Waals surface area contributed by atoms with Crippen LogP contribution in [0, 0.1) is 0 Å². The number of aliphatic carboxylic acids is 1. The van der Waals surface area contributed by atoms with Gasteiger partial charge in [-0.25, -0.2) is 9.78 Å². The van der Waals surface area contributed by atoms with Gasteiger partial charge in [0.2, 0.25) is 0 Å². The molecule has 1 fully saturated rings. The Labute approximate surface area is 200 Å². The van der Waals surface area contributed by atoms with Gasteiger partial charge in [-0.2, -0.15) is 0 Å². The monoisotopic (exact) mass is 486 g/mol. The molecule has 10 nitrogen and oxygen atoms in total. The van der Waals surface area contributed by atoms with Crippen LogP contribution in [-0.4, -0.2) is 78.8 Å². The van der Waals surface area contributed by atoms with Crippen LogP contribution in [0.3, 0.4) is 0 Å². The number of morpholine rings is 1. The van der Waals surface area contributed by atoms with Crippen LogP contribution in [-0.2, 0) is 19.1 Å². The first kappa shape index (κ1) is 23.9. The van der Waals surface area contributed by atoms with E-state index in [9.17, 15) is 14.7 Å². The van der Waals surface area contributed by atoms with Crippen LogP contribution in [0.15, 0.2) is 52.1 Å². The van der Waals surface area contributed by atoms with Gasteiger partial charge in [0, 0.05) is 30.4 Å². The Morgan fingerprint density at radius 1 is 1.32 bits per heavy atom. The molecule has 0 bridgehead atoms. The van der Waals surface area contributed by atoms with Gasteiger partial charge in [0.05, 0.1) is 32.5 Å². The maximum atomic E-state index is 13.2. The zero-order valence-electron chi connectivity index (χ0n) is 18.9. The summed E-state index contributed by atoms with van der Waals surface area (Å²) in [6.45, 7) is 3.02. The predicted molar refractivity (Wildman–Crippen MR) is 125 cm³/mol. The van der Waals surface area contributed by atoms with Crippen LogP contribution in [0.1, 0.15) is 23.5 Å². The lowest BCUT2D eigenvalue weighted by atomic mass is 9.95. The summed E-state index contributed by atoms with van der Waals surface area (Å²) in [4.78, 5) is 36.0. The molecule has 1 aromatic carbocycles. The van der Waals surface area contributed by atoms with E-state index in [1.54, 1.807) is 37.3 Å². The van der Waals surface area contributed by atoms with E-state index >= 15 is 0 Å². The summed E-state index contributed by atoms with van der Waals surface area (Å²) in [5.74, 6) is -0.289. The van der Waals surface area contributed by atoms with Gasteiger partial charge in [-0.15, -0.1) is 11.3 Å². The second-order valence-corrected chi connectivity index (χ2v) is 8.52. The van der Waals surface area contributed by atoms with Crippen molar-refractivity contribution in [3.05, 3.63) is 57.7 Å². The van der Waals surface area contributed by atoms with Crippen molar-refractivity contribution in [1.82, 2.24) is 15.2 Å². The fourth-order valence-electron chi connectivity index (χ4n) is 3.90. The quantitative estimate of drug-likeness (QED) is 0.538. The Morgan fingerprint density at radius 2 is 2.12 bits per heavy atom. The number of ether oxygens (including phenoxy) is 3. The number of hydrogen-bond donors (Lipinski definition) is 2. The van der Waals surface area contributed by atoms with Crippen LogP contribution < -0.4 is 10.1 Å². The molecule has 0 amide bonds. The van der Waals surface area contributed by atoms with Crippen LogP contribution in [0.5, 0.6) is 5.75 Å². The zero-order chi connectivity index (χ0) is 24.1. The molecule has 0 radical (unpaired) electrons. The number of thiazole rings is 1. The highest BCUT2D eigenvalue weighted by Crippen LogP contribution is 2.34. The zero-order valence-corrected chi connectivity index (χ0v) is 19.7. The molecule has 0 aliphatic carbocycles. The summed E-state index contributed by atoms with van der Waals surface area (Å²) in [5, 5.41) is 15.4. The fourth-order valence-corrected chi connectivity index (χ4v) is 4.49. The van der Waals surface area contributed by atoms with E-state index < -0.39 is 24.0 Å². The number of hydrogen-bond acceptors (Lipinski definition) is 10. The molecular weight excluding hydrogens is 460 g/mol. The van der Waals surface area contributed by atoms with Crippen molar-refractivity contribution < 1.29 is 28.9 Å². The Bertz CT molecular complexity index is 1080. The summed E-state index contributed by atoms with van der Waals surface area (Å²) >= 11 is 1.42. The van der Waals surface area contributed by atoms with E-state index in [1.807, 2.05) is 17.5 Å². The van der Waals surface area contributed by atoms with E-state index in [-0.39, 0.29) is 19.8 Å². The smallest absolute Gasteiger partial charge is 0.338 e. The minimum Gasteiger partial charge on any atom is -0.497 e. The number of carbonyl (C=O) groups excluding carboxylic acids is 1. The van der Waals surface area contributed by atoms with Crippen molar-refractivity contribution in [3.63, 3.8) is 0 Å². The fraction of sp³-hybridized carbons (Fsp3) is 0.391. The molecule has 4 rings (SSSR count). The SMILES string of the molecule is CCOC(=O)C1=C(CN2CCOC[C@H]2C(=O)O)NC(c2nccs2)=N[C@H]1c1ccc(OC)cc1. The molecule has 0 unspecified atom stereocenters. The maximum absolute atomic E-state index is 13.2. The second-order valence-electron chi connectivity index (χ2n) is 7.63. The van der Waals surface area contributed by atoms with Gasteiger partial charge in [-0.3, -0.25) is 14.7 Å². The summed E-state index contributed by atoms with van der Waals surface area (Å²) in [7, 11) is 1.58.